The molecule has 1 saturated heterocycles. The second kappa shape index (κ2) is 6.91. The van der Waals surface area contributed by atoms with Gasteiger partial charge in [0, 0.05) is 12.1 Å². The van der Waals surface area contributed by atoms with E-state index in [1.807, 2.05) is 0 Å². The van der Waals surface area contributed by atoms with Gasteiger partial charge >= 0.3 is 0 Å². The first-order valence-corrected chi connectivity index (χ1v) is 8.47. The van der Waals surface area contributed by atoms with Crippen molar-refractivity contribution >= 4 is 0 Å². The molecule has 0 radical (unpaired) electrons. The highest BCUT2D eigenvalue weighted by Gasteiger charge is 2.32. The van der Waals surface area contributed by atoms with Crippen LogP contribution < -0.4 is 5.32 Å². The van der Waals surface area contributed by atoms with Crippen LogP contribution in [0.1, 0.15) is 65.7 Å². The van der Waals surface area contributed by atoms with Crippen molar-refractivity contribution in [1.29, 1.82) is 5.26 Å². The fraction of sp³-hybridized carbons (Fsp3) is 0.941. The maximum absolute atomic E-state index is 9.36. The van der Waals surface area contributed by atoms with Crippen LogP contribution in [0.5, 0.6) is 0 Å². The Balaban J connectivity index is 1.66. The first kappa shape index (κ1) is 15.8. The number of hydrogen-bond acceptors (Lipinski definition) is 3. The van der Waals surface area contributed by atoms with Crippen LogP contribution in [0.3, 0.4) is 0 Å². The number of nitrogens with zero attached hydrogens (tertiary/aromatic N) is 2. The van der Waals surface area contributed by atoms with Crippen molar-refractivity contribution in [3.05, 3.63) is 0 Å². The largest absolute Gasteiger partial charge is 0.300 e. The number of unbranched alkanes of at least 4 members (excludes halogenated alkanes) is 1. The highest BCUT2D eigenvalue weighted by Crippen LogP contribution is 2.26. The van der Waals surface area contributed by atoms with Crippen molar-refractivity contribution in [3.63, 3.8) is 0 Å². The molecule has 2 atom stereocenters. The van der Waals surface area contributed by atoms with Gasteiger partial charge in [0.25, 0.3) is 0 Å². The van der Waals surface area contributed by atoms with E-state index in [1.54, 1.807) is 0 Å². The van der Waals surface area contributed by atoms with Gasteiger partial charge in [0.1, 0.15) is 5.54 Å². The molecule has 0 spiro atoms. The van der Waals surface area contributed by atoms with Crippen LogP contribution in [0.2, 0.25) is 0 Å². The molecule has 0 bridgehead atoms. The van der Waals surface area contributed by atoms with Crippen LogP contribution in [-0.2, 0) is 0 Å². The van der Waals surface area contributed by atoms with E-state index in [1.165, 1.54) is 45.2 Å². The van der Waals surface area contributed by atoms with Gasteiger partial charge in [0.05, 0.1) is 6.07 Å². The minimum absolute atomic E-state index is 0.302. The summed E-state index contributed by atoms with van der Waals surface area (Å²) in [5.74, 6) is 0.776. The SMILES string of the molecule is CC(C)C1CCCN1CCCCC(C)(C#N)NC1CC1. The molecule has 1 saturated carbocycles. The highest BCUT2D eigenvalue weighted by atomic mass is 15.2. The van der Waals surface area contributed by atoms with E-state index in [4.69, 9.17) is 0 Å². The first-order chi connectivity index (χ1) is 9.54. The van der Waals surface area contributed by atoms with Gasteiger partial charge in [0.2, 0.25) is 0 Å². The molecule has 1 N–H and O–H groups in total. The molecule has 3 nitrogen and oxygen atoms in total. The normalized spacial score (nSPS) is 26.6. The van der Waals surface area contributed by atoms with Crippen molar-refractivity contribution in [2.75, 3.05) is 13.1 Å². The molecule has 2 rings (SSSR count). The predicted octanol–water partition coefficient (Wildman–Crippen LogP) is 3.31. The van der Waals surface area contributed by atoms with Crippen molar-refractivity contribution < 1.29 is 0 Å². The Morgan fingerprint density at radius 3 is 2.65 bits per heavy atom. The maximum Gasteiger partial charge on any atom is 0.104 e. The van der Waals surface area contributed by atoms with Crippen LogP contribution in [-0.4, -0.2) is 35.6 Å². The highest BCUT2D eigenvalue weighted by molar-refractivity contribution is 5.06. The minimum Gasteiger partial charge on any atom is -0.300 e. The summed E-state index contributed by atoms with van der Waals surface area (Å²) in [6.07, 6.45) is 8.61. The van der Waals surface area contributed by atoms with Crippen LogP contribution in [0.25, 0.3) is 0 Å². The van der Waals surface area contributed by atoms with Gasteiger partial charge in [0.15, 0.2) is 0 Å². The quantitative estimate of drug-likeness (QED) is 0.692. The molecule has 2 unspecified atom stereocenters. The third-order valence-corrected chi connectivity index (χ3v) is 4.90. The Hall–Kier alpha value is -0.590. The number of rotatable bonds is 8. The van der Waals surface area contributed by atoms with E-state index >= 15 is 0 Å². The second-order valence-electron chi connectivity index (χ2n) is 7.31. The molecular formula is C17H31N3. The Morgan fingerprint density at radius 1 is 1.30 bits per heavy atom. The third kappa shape index (κ3) is 4.46. The Kier molecular flexibility index (Phi) is 5.46. The van der Waals surface area contributed by atoms with E-state index < -0.39 is 0 Å². The Labute approximate surface area is 124 Å². The molecule has 0 amide bonds. The molecule has 0 aromatic rings. The van der Waals surface area contributed by atoms with Crippen LogP contribution >= 0.6 is 0 Å². The van der Waals surface area contributed by atoms with Crippen molar-refractivity contribution in [3.8, 4) is 6.07 Å². The van der Waals surface area contributed by atoms with Crippen LogP contribution in [0.15, 0.2) is 0 Å². The molecule has 1 aliphatic carbocycles. The van der Waals surface area contributed by atoms with E-state index in [2.05, 4.69) is 37.1 Å². The molecular weight excluding hydrogens is 246 g/mol. The number of hydrogen-bond donors (Lipinski definition) is 1. The predicted molar refractivity (Wildman–Crippen MR) is 83.5 cm³/mol. The summed E-state index contributed by atoms with van der Waals surface area (Å²) < 4.78 is 0. The van der Waals surface area contributed by atoms with Gasteiger partial charge in [-0.2, -0.15) is 5.26 Å². The monoisotopic (exact) mass is 277 g/mol. The van der Waals surface area contributed by atoms with Crippen molar-refractivity contribution in [2.45, 2.75) is 83.3 Å². The molecule has 0 aromatic carbocycles. The summed E-state index contributed by atoms with van der Waals surface area (Å²) in [6, 6.07) is 3.89. The topological polar surface area (TPSA) is 39.1 Å². The lowest BCUT2D eigenvalue weighted by atomic mass is 9.96. The molecule has 2 aliphatic rings. The fourth-order valence-corrected chi connectivity index (χ4v) is 3.52. The van der Waals surface area contributed by atoms with Gasteiger partial charge in [-0.3, -0.25) is 5.32 Å². The molecule has 20 heavy (non-hydrogen) atoms. The van der Waals surface area contributed by atoms with Gasteiger partial charge in [-0.05, 0) is 70.9 Å². The smallest absolute Gasteiger partial charge is 0.104 e. The average molecular weight is 277 g/mol. The van der Waals surface area contributed by atoms with Gasteiger partial charge in [-0.1, -0.05) is 13.8 Å². The second-order valence-corrected chi connectivity index (χ2v) is 7.31. The van der Waals surface area contributed by atoms with E-state index in [0.29, 0.717) is 6.04 Å². The van der Waals surface area contributed by atoms with E-state index in [0.717, 1.165) is 24.8 Å². The summed E-state index contributed by atoms with van der Waals surface area (Å²) in [7, 11) is 0. The van der Waals surface area contributed by atoms with Crippen molar-refractivity contribution in [1.82, 2.24) is 10.2 Å². The zero-order valence-electron chi connectivity index (χ0n) is 13.5. The zero-order valence-corrected chi connectivity index (χ0v) is 13.5. The summed E-state index contributed by atoms with van der Waals surface area (Å²) in [5.41, 5.74) is -0.302. The molecule has 2 fully saturated rings. The summed E-state index contributed by atoms with van der Waals surface area (Å²) in [5, 5.41) is 12.9. The molecule has 1 heterocycles. The lowest BCUT2D eigenvalue weighted by Crippen LogP contribution is -2.42. The van der Waals surface area contributed by atoms with E-state index in [9.17, 15) is 5.26 Å². The summed E-state index contributed by atoms with van der Waals surface area (Å²) >= 11 is 0. The number of likely N-dealkylation sites (tertiary alicyclic amines) is 1. The fourth-order valence-electron chi connectivity index (χ4n) is 3.52. The average Bonchev–Trinajstić information content (AvgIpc) is 3.08. The van der Waals surface area contributed by atoms with Crippen LogP contribution in [0.4, 0.5) is 0 Å². The maximum atomic E-state index is 9.36. The Bertz CT molecular complexity index is 343. The zero-order chi connectivity index (χ0) is 14.6. The molecule has 0 aromatic heterocycles. The summed E-state index contributed by atoms with van der Waals surface area (Å²) in [6.45, 7) is 9.25. The van der Waals surface area contributed by atoms with Gasteiger partial charge in [-0.25, -0.2) is 0 Å². The first-order valence-electron chi connectivity index (χ1n) is 8.47. The minimum atomic E-state index is -0.302. The number of nitriles is 1. The Morgan fingerprint density at radius 2 is 2.05 bits per heavy atom. The lowest BCUT2D eigenvalue weighted by molar-refractivity contribution is 0.201. The standard InChI is InChI=1S/C17H31N3/c1-14(2)16-7-6-12-20(16)11-5-4-10-17(3,13-18)19-15-8-9-15/h14-16,19H,4-12H2,1-3H3. The molecule has 1 aliphatic heterocycles. The third-order valence-electron chi connectivity index (χ3n) is 4.90. The lowest BCUT2D eigenvalue weighted by Gasteiger charge is -2.28. The molecule has 3 heteroatoms. The number of nitrogens with one attached hydrogen (secondary N) is 1. The summed E-state index contributed by atoms with van der Waals surface area (Å²) in [4.78, 5) is 2.67. The van der Waals surface area contributed by atoms with Gasteiger partial charge in [-0.15, -0.1) is 0 Å². The van der Waals surface area contributed by atoms with E-state index in [-0.39, 0.29) is 5.54 Å². The van der Waals surface area contributed by atoms with Crippen LogP contribution in [0, 0.1) is 17.2 Å². The molecule has 114 valence electrons. The van der Waals surface area contributed by atoms with Gasteiger partial charge < -0.3 is 4.90 Å². The van der Waals surface area contributed by atoms with Crippen molar-refractivity contribution in [2.24, 2.45) is 5.92 Å².